The third-order valence-electron chi connectivity index (χ3n) is 2.28. The Morgan fingerprint density at radius 1 is 1.60 bits per heavy atom. The predicted octanol–water partition coefficient (Wildman–Crippen LogP) is 2.70. The van der Waals surface area contributed by atoms with Crippen LogP contribution in [0.1, 0.15) is 24.8 Å². The number of anilines is 1. The second-order valence-electron chi connectivity index (χ2n) is 3.45. The van der Waals surface area contributed by atoms with Crippen LogP contribution in [0.3, 0.4) is 0 Å². The van der Waals surface area contributed by atoms with Crippen molar-refractivity contribution < 1.29 is 9.53 Å². The van der Waals surface area contributed by atoms with Crippen molar-refractivity contribution in [3.05, 3.63) is 28.2 Å². The molecular formula is C11H14BrNO2. The molecule has 1 aromatic rings. The molecule has 0 radical (unpaired) electrons. The van der Waals surface area contributed by atoms with E-state index in [1.54, 1.807) is 0 Å². The summed E-state index contributed by atoms with van der Waals surface area (Å²) < 4.78 is 5.56. The minimum absolute atomic E-state index is 0.0746. The first kappa shape index (κ1) is 12.0. The molecule has 3 nitrogen and oxygen atoms in total. The van der Waals surface area contributed by atoms with Crippen molar-refractivity contribution in [2.45, 2.75) is 19.3 Å². The van der Waals surface area contributed by atoms with Crippen molar-refractivity contribution in [1.82, 2.24) is 0 Å². The van der Waals surface area contributed by atoms with Crippen LogP contribution in [0.5, 0.6) is 0 Å². The number of halogens is 1. The average molecular weight is 272 g/mol. The SMILES string of the molecule is COC(=O)CC(C)c1ccc(Br)cc1N. The smallest absolute Gasteiger partial charge is 0.306 e. The van der Waals surface area contributed by atoms with Gasteiger partial charge in [0.05, 0.1) is 13.5 Å². The van der Waals surface area contributed by atoms with Gasteiger partial charge in [-0.3, -0.25) is 4.79 Å². The number of nitrogens with two attached hydrogens (primary N) is 1. The molecule has 0 aromatic heterocycles. The van der Waals surface area contributed by atoms with Gasteiger partial charge in [-0.1, -0.05) is 28.9 Å². The summed E-state index contributed by atoms with van der Waals surface area (Å²) in [7, 11) is 1.39. The van der Waals surface area contributed by atoms with Crippen molar-refractivity contribution in [3.8, 4) is 0 Å². The highest BCUT2D eigenvalue weighted by molar-refractivity contribution is 9.10. The van der Waals surface area contributed by atoms with E-state index in [0.717, 1.165) is 10.0 Å². The molecule has 0 aliphatic rings. The van der Waals surface area contributed by atoms with E-state index in [9.17, 15) is 4.79 Å². The Bertz CT molecular complexity index is 366. The maximum Gasteiger partial charge on any atom is 0.306 e. The quantitative estimate of drug-likeness (QED) is 0.680. The Kier molecular flexibility index (Phi) is 4.15. The van der Waals surface area contributed by atoms with Gasteiger partial charge in [0.2, 0.25) is 0 Å². The molecule has 0 aliphatic carbocycles. The number of hydrogen-bond donors (Lipinski definition) is 1. The molecule has 4 heteroatoms. The third kappa shape index (κ3) is 3.23. The van der Waals surface area contributed by atoms with Crippen molar-refractivity contribution in [2.24, 2.45) is 0 Å². The fourth-order valence-corrected chi connectivity index (χ4v) is 1.82. The van der Waals surface area contributed by atoms with Crippen LogP contribution < -0.4 is 5.73 Å². The molecule has 0 aliphatic heterocycles. The molecule has 0 fully saturated rings. The topological polar surface area (TPSA) is 52.3 Å². The number of rotatable bonds is 3. The Hall–Kier alpha value is -1.03. The van der Waals surface area contributed by atoms with Crippen molar-refractivity contribution >= 4 is 27.6 Å². The first-order chi connectivity index (χ1) is 7.04. The van der Waals surface area contributed by atoms with E-state index in [4.69, 9.17) is 5.73 Å². The Morgan fingerprint density at radius 2 is 2.27 bits per heavy atom. The van der Waals surface area contributed by atoms with Gasteiger partial charge < -0.3 is 10.5 Å². The molecule has 0 spiro atoms. The van der Waals surface area contributed by atoms with Crippen molar-refractivity contribution in [2.75, 3.05) is 12.8 Å². The minimum Gasteiger partial charge on any atom is -0.469 e. The first-order valence-corrected chi connectivity index (χ1v) is 5.45. The highest BCUT2D eigenvalue weighted by atomic mass is 79.9. The van der Waals surface area contributed by atoms with Gasteiger partial charge in [0, 0.05) is 10.2 Å². The van der Waals surface area contributed by atoms with E-state index in [1.165, 1.54) is 7.11 Å². The summed E-state index contributed by atoms with van der Waals surface area (Å²) in [6.45, 7) is 1.95. The lowest BCUT2D eigenvalue weighted by Crippen LogP contribution is -2.07. The van der Waals surface area contributed by atoms with Gasteiger partial charge >= 0.3 is 5.97 Å². The number of esters is 1. The molecule has 1 aromatic carbocycles. The van der Waals surface area contributed by atoms with E-state index in [2.05, 4.69) is 20.7 Å². The van der Waals surface area contributed by atoms with Crippen LogP contribution in [0, 0.1) is 0 Å². The fourth-order valence-electron chi connectivity index (χ4n) is 1.44. The molecular weight excluding hydrogens is 258 g/mol. The van der Waals surface area contributed by atoms with Gasteiger partial charge in [-0.25, -0.2) is 0 Å². The van der Waals surface area contributed by atoms with Gasteiger partial charge in [0.15, 0.2) is 0 Å². The van der Waals surface area contributed by atoms with Gasteiger partial charge in [0.25, 0.3) is 0 Å². The number of benzene rings is 1. The van der Waals surface area contributed by atoms with Crippen LogP contribution in [0.4, 0.5) is 5.69 Å². The summed E-state index contributed by atoms with van der Waals surface area (Å²) in [5.74, 6) is -0.143. The lowest BCUT2D eigenvalue weighted by Gasteiger charge is -2.13. The minimum atomic E-state index is -0.218. The summed E-state index contributed by atoms with van der Waals surface area (Å²) >= 11 is 3.34. The second-order valence-corrected chi connectivity index (χ2v) is 4.37. The Morgan fingerprint density at radius 3 is 2.80 bits per heavy atom. The summed E-state index contributed by atoms with van der Waals surface area (Å²) in [4.78, 5) is 11.1. The molecule has 0 saturated carbocycles. The normalized spacial score (nSPS) is 12.2. The molecule has 0 saturated heterocycles. The van der Waals surface area contributed by atoms with E-state index in [1.807, 2.05) is 25.1 Å². The van der Waals surface area contributed by atoms with Crippen molar-refractivity contribution in [3.63, 3.8) is 0 Å². The van der Waals surface area contributed by atoms with Gasteiger partial charge in [-0.2, -0.15) is 0 Å². The molecule has 15 heavy (non-hydrogen) atoms. The molecule has 82 valence electrons. The van der Waals surface area contributed by atoms with Gasteiger partial charge in [-0.05, 0) is 23.6 Å². The number of ether oxygens (including phenoxy) is 1. The molecule has 0 heterocycles. The van der Waals surface area contributed by atoms with Crippen LogP contribution in [-0.4, -0.2) is 13.1 Å². The van der Waals surface area contributed by atoms with Gasteiger partial charge in [-0.15, -0.1) is 0 Å². The lowest BCUT2D eigenvalue weighted by atomic mass is 9.96. The molecule has 0 bridgehead atoms. The zero-order chi connectivity index (χ0) is 11.4. The average Bonchev–Trinajstić information content (AvgIpc) is 2.17. The summed E-state index contributed by atoms with van der Waals surface area (Å²) in [6, 6.07) is 5.68. The van der Waals surface area contributed by atoms with Crippen molar-refractivity contribution in [1.29, 1.82) is 0 Å². The van der Waals surface area contributed by atoms with Crippen LogP contribution >= 0.6 is 15.9 Å². The third-order valence-corrected chi connectivity index (χ3v) is 2.77. The number of carbonyl (C=O) groups is 1. The maximum absolute atomic E-state index is 11.1. The summed E-state index contributed by atoms with van der Waals surface area (Å²) in [5.41, 5.74) is 7.53. The molecule has 1 unspecified atom stereocenters. The largest absolute Gasteiger partial charge is 0.469 e. The highest BCUT2D eigenvalue weighted by Gasteiger charge is 2.13. The zero-order valence-electron chi connectivity index (χ0n) is 8.79. The summed E-state index contributed by atoms with van der Waals surface area (Å²) in [5, 5.41) is 0. The second kappa shape index (κ2) is 5.16. The first-order valence-electron chi connectivity index (χ1n) is 4.66. The van der Waals surface area contributed by atoms with E-state index in [-0.39, 0.29) is 11.9 Å². The standard InChI is InChI=1S/C11H14BrNO2/c1-7(5-11(14)15-2)9-4-3-8(12)6-10(9)13/h3-4,6-7H,5,13H2,1-2H3. The lowest BCUT2D eigenvalue weighted by molar-refractivity contribution is -0.140. The Balaban J connectivity index is 2.82. The van der Waals surface area contributed by atoms with Gasteiger partial charge in [0.1, 0.15) is 0 Å². The van der Waals surface area contributed by atoms with Crippen LogP contribution in [-0.2, 0) is 9.53 Å². The zero-order valence-corrected chi connectivity index (χ0v) is 10.4. The Labute approximate surface area is 97.7 Å². The number of hydrogen-bond acceptors (Lipinski definition) is 3. The fraction of sp³-hybridized carbons (Fsp3) is 0.364. The molecule has 2 N–H and O–H groups in total. The number of carbonyl (C=O) groups excluding carboxylic acids is 1. The predicted molar refractivity (Wildman–Crippen MR) is 63.6 cm³/mol. The molecule has 1 rings (SSSR count). The van der Waals surface area contributed by atoms with E-state index < -0.39 is 0 Å². The molecule has 0 amide bonds. The monoisotopic (exact) mass is 271 g/mol. The highest BCUT2D eigenvalue weighted by Crippen LogP contribution is 2.27. The number of nitrogen functional groups attached to an aromatic ring is 1. The summed E-state index contributed by atoms with van der Waals surface area (Å²) in [6.07, 6.45) is 0.350. The van der Waals surface area contributed by atoms with E-state index in [0.29, 0.717) is 12.1 Å². The van der Waals surface area contributed by atoms with Crippen LogP contribution in [0.2, 0.25) is 0 Å². The van der Waals surface area contributed by atoms with Crippen LogP contribution in [0.15, 0.2) is 22.7 Å². The number of methoxy groups -OCH3 is 1. The molecule has 1 atom stereocenters. The van der Waals surface area contributed by atoms with E-state index >= 15 is 0 Å². The maximum atomic E-state index is 11.1. The van der Waals surface area contributed by atoms with Crippen LogP contribution in [0.25, 0.3) is 0 Å².